The van der Waals surface area contributed by atoms with Crippen molar-refractivity contribution in [2.45, 2.75) is 18.9 Å². The molecular weight excluding hydrogens is 332 g/mol. The zero-order chi connectivity index (χ0) is 18.1. The summed E-state index contributed by atoms with van der Waals surface area (Å²) in [5, 5.41) is 29.0. The van der Waals surface area contributed by atoms with E-state index >= 15 is 0 Å². The van der Waals surface area contributed by atoms with Gasteiger partial charge in [-0.05, 0) is 30.5 Å². The molecular formula is C19H20N4O3. The lowest BCUT2D eigenvalue weighted by atomic mass is 9.73. The van der Waals surface area contributed by atoms with E-state index in [1.165, 1.54) is 0 Å². The zero-order valence-corrected chi connectivity index (χ0v) is 14.2. The molecule has 3 aromatic rings. The summed E-state index contributed by atoms with van der Waals surface area (Å²) in [6, 6.07) is 15.0. The molecule has 0 amide bonds. The monoisotopic (exact) mass is 352 g/mol. The molecule has 4 rings (SSSR count). The third-order valence-corrected chi connectivity index (χ3v) is 5.15. The molecule has 0 saturated carbocycles. The molecule has 2 aromatic heterocycles. The van der Waals surface area contributed by atoms with Crippen LogP contribution in [0.3, 0.4) is 0 Å². The highest BCUT2D eigenvalue weighted by molar-refractivity contribution is 5.77. The molecule has 3 heterocycles. The van der Waals surface area contributed by atoms with Crippen molar-refractivity contribution in [2.75, 3.05) is 18.0 Å². The van der Waals surface area contributed by atoms with Crippen LogP contribution in [0.25, 0.3) is 5.65 Å². The second-order valence-corrected chi connectivity index (χ2v) is 6.78. The molecule has 0 bridgehead atoms. The molecule has 1 aliphatic heterocycles. The maximum absolute atomic E-state index is 12.2. The van der Waals surface area contributed by atoms with E-state index in [0.717, 1.165) is 5.56 Å². The largest absolute Gasteiger partial charge is 0.481 e. The van der Waals surface area contributed by atoms with Crippen molar-refractivity contribution in [3.8, 4) is 0 Å². The molecule has 2 N–H and O–H groups in total. The van der Waals surface area contributed by atoms with Crippen molar-refractivity contribution in [1.82, 2.24) is 14.6 Å². The minimum Gasteiger partial charge on any atom is -0.481 e. The fourth-order valence-corrected chi connectivity index (χ4v) is 3.71. The number of carboxylic acid groups (broad SMARTS) is 1. The van der Waals surface area contributed by atoms with E-state index in [2.05, 4.69) is 10.2 Å². The smallest absolute Gasteiger partial charge is 0.314 e. The number of aliphatic hydroxyl groups is 1. The van der Waals surface area contributed by atoms with Crippen molar-refractivity contribution >= 4 is 17.6 Å². The van der Waals surface area contributed by atoms with Crippen LogP contribution in [0.4, 0.5) is 5.95 Å². The Hall–Kier alpha value is -2.93. The summed E-state index contributed by atoms with van der Waals surface area (Å²) in [5.41, 5.74) is 0.305. The lowest BCUT2D eigenvalue weighted by molar-refractivity contribution is -0.157. The number of aliphatic carboxylic acids is 1. The molecule has 2 atom stereocenters. The number of anilines is 1. The third kappa shape index (κ3) is 2.70. The van der Waals surface area contributed by atoms with Gasteiger partial charge in [-0.25, -0.2) is 0 Å². The van der Waals surface area contributed by atoms with Gasteiger partial charge in [-0.2, -0.15) is 0 Å². The summed E-state index contributed by atoms with van der Waals surface area (Å²) >= 11 is 0. The fourth-order valence-electron chi connectivity index (χ4n) is 3.71. The number of piperidine rings is 1. The van der Waals surface area contributed by atoms with E-state index in [-0.39, 0.29) is 13.0 Å². The van der Waals surface area contributed by atoms with Crippen LogP contribution in [0, 0.1) is 5.41 Å². The lowest BCUT2D eigenvalue weighted by Crippen LogP contribution is -2.57. The predicted molar refractivity (Wildman–Crippen MR) is 96.0 cm³/mol. The Bertz CT molecular complexity index is 927. The molecule has 1 aliphatic rings. The number of aliphatic hydroxyl groups excluding tert-OH is 1. The maximum Gasteiger partial charge on any atom is 0.314 e. The van der Waals surface area contributed by atoms with Gasteiger partial charge in [0.15, 0.2) is 5.65 Å². The highest BCUT2D eigenvalue weighted by atomic mass is 16.4. The minimum absolute atomic E-state index is 0.175. The van der Waals surface area contributed by atoms with Gasteiger partial charge in [0, 0.05) is 19.3 Å². The van der Waals surface area contributed by atoms with Crippen molar-refractivity contribution in [3.05, 3.63) is 60.3 Å². The molecule has 1 fully saturated rings. The molecule has 26 heavy (non-hydrogen) atoms. The van der Waals surface area contributed by atoms with Crippen LogP contribution in [0.1, 0.15) is 12.0 Å². The topological polar surface area (TPSA) is 91.0 Å². The molecule has 7 heteroatoms. The van der Waals surface area contributed by atoms with Crippen LogP contribution < -0.4 is 4.90 Å². The Morgan fingerprint density at radius 2 is 1.92 bits per heavy atom. The van der Waals surface area contributed by atoms with E-state index in [1.807, 2.05) is 64.0 Å². The van der Waals surface area contributed by atoms with Gasteiger partial charge in [0.2, 0.25) is 5.95 Å². The Kier molecular flexibility index (Phi) is 4.08. The van der Waals surface area contributed by atoms with Crippen LogP contribution in [0.15, 0.2) is 54.7 Å². The highest BCUT2D eigenvalue weighted by Gasteiger charge is 2.50. The number of benzene rings is 1. The Balaban J connectivity index is 1.71. The molecule has 1 saturated heterocycles. The normalized spacial score (nSPS) is 23.3. The van der Waals surface area contributed by atoms with Crippen LogP contribution in [0.2, 0.25) is 0 Å². The first-order chi connectivity index (χ1) is 12.6. The van der Waals surface area contributed by atoms with Crippen LogP contribution in [-0.2, 0) is 11.2 Å². The summed E-state index contributed by atoms with van der Waals surface area (Å²) < 4.78 is 1.84. The summed E-state index contributed by atoms with van der Waals surface area (Å²) in [7, 11) is 0. The number of aromatic nitrogens is 3. The molecule has 0 aliphatic carbocycles. The fraction of sp³-hybridized carbons (Fsp3) is 0.316. The summed E-state index contributed by atoms with van der Waals surface area (Å²) in [4.78, 5) is 14.1. The average molecular weight is 352 g/mol. The predicted octanol–water partition coefficient (Wildman–Crippen LogP) is 1.61. The first-order valence-corrected chi connectivity index (χ1v) is 8.60. The summed E-state index contributed by atoms with van der Waals surface area (Å²) in [6.45, 7) is 0.703. The van der Waals surface area contributed by atoms with Gasteiger partial charge >= 0.3 is 5.97 Å². The number of carbonyl (C=O) groups is 1. The van der Waals surface area contributed by atoms with Gasteiger partial charge in [-0.15, -0.1) is 10.2 Å². The molecule has 134 valence electrons. The van der Waals surface area contributed by atoms with E-state index in [0.29, 0.717) is 24.6 Å². The third-order valence-electron chi connectivity index (χ3n) is 5.15. The van der Waals surface area contributed by atoms with Gasteiger partial charge in [-0.3, -0.25) is 9.20 Å². The van der Waals surface area contributed by atoms with Crippen LogP contribution in [0.5, 0.6) is 0 Å². The second kappa shape index (κ2) is 6.42. The first-order valence-electron chi connectivity index (χ1n) is 8.60. The molecule has 0 spiro atoms. The van der Waals surface area contributed by atoms with E-state index in [1.54, 1.807) is 0 Å². The zero-order valence-electron chi connectivity index (χ0n) is 14.2. The van der Waals surface area contributed by atoms with Crippen molar-refractivity contribution in [2.24, 2.45) is 5.41 Å². The quantitative estimate of drug-likeness (QED) is 0.741. The number of fused-ring (bicyclic) bond motifs is 1. The minimum atomic E-state index is -1.29. The number of hydrogen-bond acceptors (Lipinski definition) is 5. The Labute approximate surface area is 150 Å². The van der Waals surface area contributed by atoms with Crippen molar-refractivity contribution < 1.29 is 15.0 Å². The number of hydrogen-bond donors (Lipinski definition) is 2. The number of rotatable bonds is 4. The molecule has 1 aromatic carbocycles. The van der Waals surface area contributed by atoms with E-state index in [9.17, 15) is 15.0 Å². The lowest BCUT2D eigenvalue weighted by Gasteiger charge is -2.43. The van der Waals surface area contributed by atoms with Gasteiger partial charge in [0.1, 0.15) is 5.41 Å². The average Bonchev–Trinajstić information content (AvgIpc) is 3.08. The van der Waals surface area contributed by atoms with Crippen molar-refractivity contribution in [1.29, 1.82) is 0 Å². The first kappa shape index (κ1) is 16.5. The van der Waals surface area contributed by atoms with Gasteiger partial charge < -0.3 is 15.1 Å². The Morgan fingerprint density at radius 3 is 2.69 bits per heavy atom. The van der Waals surface area contributed by atoms with Gasteiger partial charge in [-0.1, -0.05) is 36.4 Å². The summed E-state index contributed by atoms with van der Waals surface area (Å²) in [6.07, 6.45) is 1.56. The SMILES string of the molecule is O=C(O)[C@]1(Cc2ccccc2)CN(c2nnc3ccccn23)CC[C@H]1O. The van der Waals surface area contributed by atoms with E-state index in [4.69, 9.17) is 0 Å². The number of pyridine rings is 1. The highest BCUT2D eigenvalue weighted by Crippen LogP contribution is 2.36. The number of nitrogens with zero attached hydrogens (tertiary/aromatic N) is 4. The van der Waals surface area contributed by atoms with Gasteiger partial charge in [0.25, 0.3) is 0 Å². The molecule has 0 radical (unpaired) electrons. The van der Waals surface area contributed by atoms with E-state index < -0.39 is 17.5 Å². The van der Waals surface area contributed by atoms with Crippen molar-refractivity contribution in [3.63, 3.8) is 0 Å². The van der Waals surface area contributed by atoms with Crippen LogP contribution >= 0.6 is 0 Å². The Morgan fingerprint density at radius 1 is 1.15 bits per heavy atom. The maximum atomic E-state index is 12.2. The van der Waals surface area contributed by atoms with Gasteiger partial charge in [0.05, 0.1) is 6.10 Å². The molecule has 0 unspecified atom stereocenters. The van der Waals surface area contributed by atoms with Crippen LogP contribution in [-0.4, -0.2) is 50.0 Å². The summed E-state index contributed by atoms with van der Waals surface area (Å²) in [5.74, 6) is -0.390. The molecule has 7 nitrogen and oxygen atoms in total. The standard InChI is InChI=1S/C19H20N4O3/c24-15-9-11-22(18-21-20-16-8-4-5-10-23(16)18)13-19(15,17(25)26)12-14-6-2-1-3-7-14/h1-8,10,15,24H,9,11-13H2,(H,25,26)/t15-,19-/m1/s1. The second-order valence-electron chi connectivity index (χ2n) is 6.78. The number of carboxylic acids is 1.